The van der Waals surface area contributed by atoms with E-state index in [0.717, 1.165) is 12.1 Å². The maximum absolute atomic E-state index is 5.57. The smallest absolute Gasteiger partial charge is 0.134 e. The van der Waals surface area contributed by atoms with Gasteiger partial charge in [-0.15, -0.1) is 0 Å². The van der Waals surface area contributed by atoms with Crippen LogP contribution in [0.1, 0.15) is 35.6 Å². The molecule has 0 N–H and O–H groups in total. The molecule has 0 aliphatic carbocycles. The van der Waals surface area contributed by atoms with Crippen LogP contribution in [0.2, 0.25) is 0 Å². The highest BCUT2D eigenvalue weighted by Crippen LogP contribution is 2.38. The molecule has 21 heavy (non-hydrogen) atoms. The van der Waals surface area contributed by atoms with Gasteiger partial charge < -0.3 is 4.42 Å². The maximum Gasteiger partial charge on any atom is 0.134 e. The van der Waals surface area contributed by atoms with Gasteiger partial charge in [0.2, 0.25) is 0 Å². The Hall–Kier alpha value is -2.06. The summed E-state index contributed by atoms with van der Waals surface area (Å²) in [5.74, 6) is 0.414. The van der Waals surface area contributed by atoms with Gasteiger partial charge in [0.1, 0.15) is 5.58 Å². The lowest BCUT2D eigenvalue weighted by molar-refractivity contribution is 0.234. The highest BCUT2D eigenvalue weighted by Gasteiger charge is 2.29. The van der Waals surface area contributed by atoms with Crippen molar-refractivity contribution in [2.75, 3.05) is 13.6 Å². The van der Waals surface area contributed by atoms with Gasteiger partial charge in [0.15, 0.2) is 0 Å². The first kappa shape index (κ1) is 12.7. The van der Waals surface area contributed by atoms with Gasteiger partial charge in [-0.3, -0.25) is 4.90 Å². The molecule has 0 saturated heterocycles. The minimum atomic E-state index is 0.414. The van der Waals surface area contributed by atoms with E-state index in [0.29, 0.717) is 12.0 Å². The van der Waals surface area contributed by atoms with E-state index >= 15 is 0 Å². The molecule has 2 heterocycles. The molecule has 2 atom stereocenters. The van der Waals surface area contributed by atoms with Gasteiger partial charge in [0.05, 0.1) is 6.26 Å². The minimum Gasteiger partial charge on any atom is -0.464 e. The lowest BCUT2D eigenvalue weighted by Crippen LogP contribution is -2.33. The molecule has 2 heteroatoms. The zero-order chi connectivity index (χ0) is 14.4. The van der Waals surface area contributed by atoms with Crippen LogP contribution in [0, 0.1) is 0 Å². The molecule has 2 nitrogen and oxygen atoms in total. The van der Waals surface area contributed by atoms with Crippen molar-refractivity contribution in [2.45, 2.75) is 18.9 Å². The average molecular weight is 277 g/mol. The lowest BCUT2D eigenvalue weighted by atomic mass is 9.82. The summed E-state index contributed by atoms with van der Waals surface area (Å²) >= 11 is 0. The van der Waals surface area contributed by atoms with E-state index in [1.165, 1.54) is 22.1 Å². The lowest BCUT2D eigenvalue weighted by Gasteiger charge is -2.37. The standard InChI is InChI=1S/C19H19NO/c1-13-16-5-3-4-6-17(16)18(12-20(13)2)15-8-7-14-9-10-21-19(14)11-15/h3-11,13,18H,12H2,1-2H3. The molecule has 2 unspecified atom stereocenters. The van der Waals surface area contributed by atoms with Crippen LogP contribution in [0.15, 0.2) is 59.2 Å². The number of hydrogen-bond donors (Lipinski definition) is 0. The molecular formula is C19H19NO. The Morgan fingerprint density at radius 3 is 2.71 bits per heavy atom. The van der Waals surface area contributed by atoms with Crippen molar-refractivity contribution in [2.24, 2.45) is 0 Å². The first-order valence-electron chi connectivity index (χ1n) is 7.50. The van der Waals surface area contributed by atoms with Gasteiger partial charge >= 0.3 is 0 Å². The van der Waals surface area contributed by atoms with Crippen LogP contribution < -0.4 is 0 Å². The fourth-order valence-corrected chi connectivity index (χ4v) is 3.46. The summed E-state index contributed by atoms with van der Waals surface area (Å²) < 4.78 is 5.57. The monoisotopic (exact) mass is 277 g/mol. The molecule has 1 aliphatic heterocycles. The second kappa shape index (κ2) is 4.74. The normalized spacial score (nSPS) is 22.4. The molecule has 2 aromatic carbocycles. The van der Waals surface area contributed by atoms with Crippen LogP contribution in [0.3, 0.4) is 0 Å². The number of rotatable bonds is 1. The van der Waals surface area contributed by atoms with Gasteiger partial charge in [-0.25, -0.2) is 0 Å². The third-order valence-corrected chi connectivity index (χ3v) is 4.84. The number of benzene rings is 2. The Balaban J connectivity index is 1.85. The Kier molecular flexibility index (Phi) is 2.86. The Labute approximate surface area is 125 Å². The zero-order valence-corrected chi connectivity index (χ0v) is 12.4. The van der Waals surface area contributed by atoms with Crippen molar-refractivity contribution in [3.05, 3.63) is 71.5 Å². The average Bonchev–Trinajstić information content (AvgIpc) is 2.98. The molecule has 0 saturated carbocycles. The summed E-state index contributed by atoms with van der Waals surface area (Å²) in [6, 6.07) is 17.9. The molecule has 4 rings (SSSR count). The van der Waals surface area contributed by atoms with Crippen molar-refractivity contribution < 1.29 is 4.42 Å². The predicted molar refractivity (Wildman–Crippen MR) is 85.5 cm³/mol. The summed E-state index contributed by atoms with van der Waals surface area (Å²) in [6.07, 6.45) is 1.76. The molecular weight excluding hydrogens is 258 g/mol. The van der Waals surface area contributed by atoms with E-state index in [4.69, 9.17) is 4.42 Å². The van der Waals surface area contributed by atoms with Gasteiger partial charge in [0.25, 0.3) is 0 Å². The van der Waals surface area contributed by atoms with Crippen LogP contribution in [0.4, 0.5) is 0 Å². The van der Waals surface area contributed by atoms with E-state index in [-0.39, 0.29) is 0 Å². The summed E-state index contributed by atoms with van der Waals surface area (Å²) in [5.41, 5.74) is 5.21. The van der Waals surface area contributed by atoms with Crippen LogP contribution in [-0.2, 0) is 0 Å². The second-order valence-electron chi connectivity index (χ2n) is 6.01. The quantitative estimate of drug-likeness (QED) is 0.647. The van der Waals surface area contributed by atoms with E-state index in [9.17, 15) is 0 Å². The zero-order valence-electron chi connectivity index (χ0n) is 12.4. The third-order valence-electron chi connectivity index (χ3n) is 4.84. The topological polar surface area (TPSA) is 16.4 Å². The largest absolute Gasteiger partial charge is 0.464 e. The first-order chi connectivity index (χ1) is 10.2. The van der Waals surface area contributed by atoms with Crippen molar-refractivity contribution in [3.63, 3.8) is 0 Å². The Morgan fingerprint density at radius 1 is 1.05 bits per heavy atom. The SMILES string of the molecule is CC1c2ccccc2C(c2ccc3ccoc3c2)CN1C. The number of furan rings is 1. The van der Waals surface area contributed by atoms with Crippen molar-refractivity contribution in [1.82, 2.24) is 4.90 Å². The molecule has 3 aromatic rings. The van der Waals surface area contributed by atoms with Crippen LogP contribution >= 0.6 is 0 Å². The molecule has 1 aromatic heterocycles. The van der Waals surface area contributed by atoms with E-state index in [1.54, 1.807) is 6.26 Å². The summed E-state index contributed by atoms with van der Waals surface area (Å²) in [6.45, 7) is 3.33. The van der Waals surface area contributed by atoms with Crippen molar-refractivity contribution in [3.8, 4) is 0 Å². The molecule has 1 aliphatic rings. The summed E-state index contributed by atoms with van der Waals surface area (Å²) in [7, 11) is 2.21. The predicted octanol–water partition coefficient (Wildman–Crippen LogP) is 4.57. The van der Waals surface area contributed by atoms with E-state index in [1.807, 2.05) is 6.07 Å². The number of likely N-dealkylation sites (N-methyl/N-ethyl adjacent to an activating group) is 1. The van der Waals surface area contributed by atoms with Crippen molar-refractivity contribution >= 4 is 11.0 Å². The van der Waals surface area contributed by atoms with E-state index in [2.05, 4.69) is 61.3 Å². The van der Waals surface area contributed by atoms with E-state index < -0.39 is 0 Å². The highest BCUT2D eigenvalue weighted by molar-refractivity contribution is 5.78. The minimum absolute atomic E-state index is 0.414. The highest BCUT2D eigenvalue weighted by atomic mass is 16.3. The van der Waals surface area contributed by atoms with Gasteiger partial charge in [-0.05, 0) is 42.8 Å². The molecule has 0 spiro atoms. The number of nitrogens with zero attached hydrogens (tertiary/aromatic N) is 1. The fraction of sp³-hybridized carbons (Fsp3) is 0.263. The third kappa shape index (κ3) is 1.98. The van der Waals surface area contributed by atoms with Crippen LogP contribution in [0.25, 0.3) is 11.0 Å². The van der Waals surface area contributed by atoms with Gasteiger partial charge in [0, 0.05) is 23.9 Å². The van der Waals surface area contributed by atoms with Gasteiger partial charge in [-0.1, -0.05) is 36.4 Å². The second-order valence-corrected chi connectivity index (χ2v) is 6.01. The Morgan fingerprint density at radius 2 is 1.86 bits per heavy atom. The molecule has 0 amide bonds. The van der Waals surface area contributed by atoms with Crippen LogP contribution in [-0.4, -0.2) is 18.5 Å². The maximum atomic E-state index is 5.57. The van der Waals surface area contributed by atoms with Gasteiger partial charge in [-0.2, -0.15) is 0 Å². The summed E-state index contributed by atoms with van der Waals surface area (Å²) in [5, 5.41) is 1.17. The molecule has 0 radical (unpaired) electrons. The fourth-order valence-electron chi connectivity index (χ4n) is 3.46. The summed E-state index contributed by atoms with van der Waals surface area (Å²) in [4.78, 5) is 2.43. The Bertz CT molecular complexity index is 789. The molecule has 0 fully saturated rings. The molecule has 106 valence electrons. The molecule has 0 bridgehead atoms. The van der Waals surface area contributed by atoms with Crippen LogP contribution in [0.5, 0.6) is 0 Å². The number of hydrogen-bond acceptors (Lipinski definition) is 2. The van der Waals surface area contributed by atoms with Crippen molar-refractivity contribution in [1.29, 1.82) is 0 Å². The number of fused-ring (bicyclic) bond motifs is 2. The first-order valence-corrected chi connectivity index (χ1v) is 7.50.